The summed E-state index contributed by atoms with van der Waals surface area (Å²) in [6.07, 6.45) is -0.00603. The Kier molecular flexibility index (Phi) is 7.29. The van der Waals surface area contributed by atoms with Gasteiger partial charge in [-0.05, 0) is 61.4 Å². The molecule has 1 saturated heterocycles. The van der Waals surface area contributed by atoms with E-state index in [2.05, 4.69) is 36.9 Å². The zero-order chi connectivity index (χ0) is 20.8. The third-order valence-electron chi connectivity index (χ3n) is 5.79. The van der Waals surface area contributed by atoms with Gasteiger partial charge in [-0.2, -0.15) is 0 Å². The van der Waals surface area contributed by atoms with Gasteiger partial charge in [0, 0.05) is 17.7 Å². The lowest BCUT2D eigenvalue weighted by molar-refractivity contribution is -0.903. The van der Waals surface area contributed by atoms with Crippen LogP contribution in [0.5, 0.6) is 5.75 Å². The second-order valence-electron chi connectivity index (χ2n) is 7.98. The lowest BCUT2D eigenvalue weighted by atomic mass is 10.1. The molecule has 1 atom stereocenters. The largest absolute Gasteiger partial charge is 0.491 e. The van der Waals surface area contributed by atoms with Crippen LogP contribution in [0.3, 0.4) is 0 Å². The van der Waals surface area contributed by atoms with E-state index in [1.54, 1.807) is 24.3 Å². The molecule has 0 amide bonds. The highest BCUT2D eigenvalue weighted by molar-refractivity contribution is 5.95. The van der Waals surface area contributed by atoms with Gasteiger partial charge in [-0.15, -0.1) is 0 Å². The molecule has 29 heavy (non-hydrogen) atoms. The van der Waals surface area contributed by atoms with Gasteiger partial charge in [0.15, 0.2) is 5.78 Å². The fraction of sp³-hybridized carbons (Fsp3) is 0.458. The number of hydrogen-bond acceptors (Lipinski definition) is 4. The number of quaternary nitrogens is 1. The van der Waals surface area contributed by atoms with Crippen molar-refractivity contribution in [1.82, 2.24) is 0 Å². The monoisotopic (exact) mass is 397 g/mol. The number of rotatable bonds is 8. The van der Waals surface area contributed by atoms with Crippen LogP contribution in [0.2, 0.25) is 0 Å². The van der Waals surface area contributed by atoms with Crippen LogP contribution in [0.4, 0.5) is 5.69 Å². The highest BCUT2D eigenvalue weighted by atomic mass is 16.5. The van der Waals surface area contributed by atoms with E-state index in [0.29, 0.717) is 24.3 Å². The number of carbonyl (C=O) groups excluding carboxylic acids is 1. The zero-order valence-corrected chi connectivity index (χ0v) is 17.8. The molecule has 0 radical (unpaired) electrons. The van der Waals surface area contributed by atoms with Crippen molar-refractivity contribution in [3.8, 4) is 5.75 Å². The summed E-state index contributed by atoms with van der Waals surface area (Å²) in [6, 6.07) is 13.8. The molecule has 2 N–H and O–H groups in total. The molecule has 0 unspecified atom stereocenters. The number of hydrogen-bond donors (Lipinski definition) is 2. The molecule has 5 nitrogen and oxygen atoms in total. The summed E-state index contributed by atoms with van der Waals surface area (Å²) in [6.45, 7) is 11.1. The first-order valence-corrected chi connectivity index (χ1v) is 10.6. The lowest BCUT2D eigenvalue weighted by Crippen LogP contribution is -3.16. The van der Waals surface area contributed by atoms with Gasteiger partial charge >= 0.3 is 0 Å². The number of ether oxygens (including phenoxy) is 1. The topological polar surface area (TPSA) is 54.2 Å². The van der Waals surface area contributed by atoms with Gasteiger partial charge in [-0.1, -0.05) is 13.0 Å². The van der Waals surface area contributed by atoms with E-state index in [0.717, 1.165) is 26.2 Å². The predicted molar refractivity (Wildman–Crippen MR) is 116 cm³/mol. The summed E-state index contributed by atoms with van der Waals surface area (Å²) in [5.41, 5.74) is 4.65. The van der Waals surface area contributed by atoms with Crippen molar-refractivity contribution in [2.24, 2.45) is 0 Å². The molecule has 3 rings (SSSR count). The molecular formula is C24H33N2O3+. The van der Waals surface area contributed by atoms with Crippen molar-refractivity contribution >= 4 is 11.5 Å². The molecule has 2 aromatic rings. The first-order chi connectivity index (χ1) is 14.0. The summed E-state index contributed by atoms with van der Waals surface area (Å²) in [5, 5.41) is 10.4. The number of aryl methyl sites for hydroxylation is 2. The molecule has 0 aliphatic carbocycles. The highest BCUT2D eigenvalue weighted by Gasteiger charge is 2.23. The lowest BCUT2D eigenvalue weighted by Gasteiger charge is -2.34. The molecule has 0 bridgehead atoms. The number of anilines is 1. The molecule has 1 heterocycles. The quantitative estimate of drug-likeness (QED) is 0.670. The summed E-state index contributed by atoms with van der Waals surface area (Å²) in [7, 11) is 0. The zero-order valence-electron chi connectivity index (χ0n) is 17.8. The molecule has 0 spiro atoms. The molecule has 1 fully saturated rings. The Morgan fingerprint density at radius 3 is 2.41 bits per heavy atom. The molecule has 2 aromatic carbocycles. The third kappa shape index (κ3) is 5.81. The van der Waals surface area contributed by atoms with Crippen LogP contribution in [-0.2, 0) is 0 Å². The molecule has 5 heteroatoms. The van der Waals surface area contributed by atoms with Crippen molar-refractivity contribution < 1.29 is 19.5 Å². The van der Waals surface area contributed by atoms with Crippen LogP contribution < -0.4 is 14.5 Å². The van der Waals surface area contributed by atoms with Gasteiger partial charge in [0.1, 0.15) is 25.0 Å². The summed E-state index contributed by atoms with van der Waals surface area (Å²) < 4.78 is 5.71. The van der Waals surface area contributed by atoms with Gasteiger partial charge in [-0.25, -0.2) is 0 Å². The molecular weight excluding hydrogens is 364 g/mol. The Balaban J connectivity index is 1.42. The SMILES string of the molecule is CCC(=O)c1ccc(OC[C@H](O)C[NH+]2CCN(c3ccc(C)c(C)c3)CC2)cc1. The number of piperazine rings is 1. The normalized spacial score (nSPS) is 15.9. The van der Waals surface area contributed by atoms with E-state index >= 15 is 0 Å². The minimum Gasteiger partial charge on any atom is -0.491 e. The average Bonchev–Trinajstić information content (AvgIpc) is 2.74. The third-order valence-corrected chi connectivity index (χ3v) is 5.79. The summed E-state index contributed by atoms with van der Waals surface area (Å²) in [5.74, 6) is 0.811. The second-order valence-corrected chi connectivity index (χ2v) is 7.98. The fourth-order valence-corrected chi connectivity index (χ4v) is 3.73. The van der Waals surface area contributed by atoms with Crippen LogP contribution in [0.1, 0.15) is 34.8 Å². The number of aliphatic hydroxyl groups excluding tert-OH is 1. The molecule has 0 saturated carbocycles. The van der Waals surface area contributed by atoms with Crippen LogP contribution in [0.15, 0.2) is 42.5 Å². The van der Waals surface area contributed by atoms with Crippen molar-refractivity contribution in [2.75, 3.05) is 44.2 Å². The van der Waals surface area contributed by atoms with E-state index in [1.807, 2.05) is 6.92 Å². The van der Waals surface area contributed by atoms with E-state index < -0.39 is 6.10 Å². The Bertz CT molecular complexity index is 811. The molecule has 156 valence electrons. The Labute approximate surface area is 173 Å². The average molecular weight is 398 g/mol. The number of benzene rings is 2. The van der Waals surface area contributed by atoms with Crippen LogP contribution in [0.25, 0.3) is 0 Å². The van der Waals surface area contributed by atoms with Gasteiger partial charge in [0.05, 0.1) is 26.2 Å². The second kappa shape index (κ2) is 9.90. The van der Waals surface area contributed by atoms with Crippen molar-refractivity contribution in [3.63, 3.8) is 0 Å². The first-order valence-electron chi connectivity index (χ1n) is 10.6. The molecule has 0 aromatic heterocycles. The maximum absolute atomic E-state index is 11.7. The van der Waals surface area contributed by atoms with Crippen LogP contribution in [0, 0.1) is 13.8 Å². The number of aliphatic hydroxyl groups is 1. The smallest absolute Gasteiger partial charge is 0.162 e. The van der Waals surface area contributed by atoms with Gasteiger partial charge < -0.3 is 19.6 Å². The predicted octanol–water partition coefficient (Wildman–Crippen LogP) is 2.04. The van der Waals surface area contributed by atoms with Crippen molar-refractivity contribution in [3.05, 3.63) is 59.2 Å². The number of carbonyl (C=O) groups is 1. The summed E-state index contributed by atoms with van der Waals surface area (Å²) >= 11 is 0. The van der Waals surface area contributed by atoms with Crippen LogP contribution in [-0.4, -0.2) is 56.3 Å². The Morgan fingerprint density at radius 1 is 1.10 bits per heavy atom. The highest BCUT2D eigenvalue weighted by Crippen LogP contribution is 2.18. The van der Waals surface area contributed by atoms with Gasteiger partial charge in [-0.3, -0.25) is 4.79 Å². The molecule has 1 aliphatic rings. The van der Waals surface area contributed by atoms with Crippen molar-refractivity contribution in [2.45, 2.75) is 33.3 Å². The summed E-state index contributed by atoms with van der Waals surface area (Å²) in [4.78, 5) is 15.5. The van der Waals surface area contributed by atoms with Gasteiger partial charge in [0.25, 0.3) is 0 Å². The van der Waals surface area contributed by atoms with Crippen molar-refractivity contribution in [1.29, 1.82) is 0 Å². The maximum atomic E-state index is 11.7. The minimum atomic E-state index is -0.505. The standard InChI is InChI=1S/C24H32N2O3/c1-4-24(28)20-6-9-23(10-7-20)29-17-22(27)16-25-11-13-26(14-12-25)21-8-5-18(2)19(3)15-21/h5-10,15,22,27H,4,11-14,16-17H2,1-3H3/p+1/t22-/m1/s1. The van der Waals surface area contributed by atoms with Gasteiger partial charge in [0.2, 0.25) is 0 Å². The van der Waals surface area contributed by atoms with E-state index in [4.69, 9.17) is 4.74 Å². The minimum absolute atomic E-state index is 0.125. The first kappa shape index (κ1) is 21.3. The van der Waals surface area contributed by atoms with E-state index in [9.17, 15) is 9.90 Å². The number of ketones is 1. The number of nitrogens with zero attached hydrogens (tertiary/aromatic N) is 1. The Hall–Kier alpha value is -2.37. The van der Waals surface area contributed by atoms with Crippen LogP contribution >= 0.6 is 0 Å². The fourth-order valence-electron chi connectivity index (χ4n) is 3.73. The molecule has 1 aliphatic heterocycles. The number of nitrogens with one attached hydrogen (secondary N) is 1. The van der Waals surface area contributed by atoms with E-state index in [-0.39, 0.29) is 12.4 Å². The Morgan fingerprint density at radius 2 is 1.79 bits per heavy atom. The van der Waals surface area contributed by atoms with E-state index in [1.165, 1.54) is 21.7 Å². The number of Topliss-reactive ketones (excluding diaryl/α,β-unsaturated/α-hetero) is 1. The maximum Gasteiger partial charge on any atom is 0.162 e.